The van der Waals surface area contributed by atoms with Crippen LogP contribution in [0.5, 0.6) is 0 Å². The molecule has 2 aromatic heterocycles. The van der Waals surface area contributed by atoms with Crippen LogP contribution in [0.1, 0.15) is 18.5 Å². The summed E-state index contributed by atoms with van der Waals surface area (Å²) >= 11 is 5.85. The molecule has 0 radical (unpaired) electrons. The Morgan fingerprint density at radius 3 is 3.00 bits per heavy atom. The molecule has 0 N–H and O–H groups in total. The van der Waals surface area contributed by atoms with Crippen LogP contribution >= 0.6 is 11.6 Å². The van der Waals surface area contributed by atoms with Gasteiger partial charge >= 0.3 is 0 Å². The lowest BCUT2D eigenvalue weighted by Gasteiger charge is -2.18. The Kier molecular flexibility index (Phi) is 3.04. The summed E-state index contributed by atoms with van der Waals surface area (Å²) in [6.07, 6.45) is 6.77. The Morgan fingerprint density at radius 2 is 2.29 bits per heavy atom. The lowest BCUT2D eigenvalue weighted by molar-refractivity contribution is 0.268. The number of rotatable bonds is 5. The van der Waals surface area contributed by atoms with Crippen molar-refractivity contribution in [1.82, 2.24) is 14.3 Å². The van der Waals surface area contributed by atoms with E-state index in [4.69, 9.17) is 11.6 Å². The van der Waals surface area contributed by atoms with Gasteiger partial charge in [0.15, 0.2) is 0 Å². The Bertz CT molecular complexity index is 471. The fourth-order valence-corrected chi connectivity index (χ4v) is 2.43. The zero-order valence-corrected chi connectivity index (χ0v) is 10.5. The Labute approximate surface area is 106 Å². The van der Waals surface area contributed by atoms with E-state index >= 15 is 0 Å². The standard InChI is InChI=1S/C13H16ClN3/c14-6-8-16(12-4-5-12)9-11-10-17-7-2-1-3-13(17)15-11/h1-3,7,10,12H,4-6,8-9H2. The highest BCUT2D eigenvalue weighted by Gasteiger charge is 2.28. The molecule has 0 unspecified atom stereocenters. The van der Waals surface area contributed by atoms with Gasteiger partial charge in [-0.2, -0.15) is 0 Å². The van der Waals surface area contributed by atoms with Crippen molar-refractivity contribution in [1.29, 1.82) is 0 Å². The maximum Gasteiger partial charge on any atom is 0.137 e. The number of aromatic nitrogens is 2. The minimum Gasteiger partial charge on any atom is -0.307 e. The van der Waals surface area contributed by atoms with Gasteiger partial charge in [-0.1, -0.05) is 6.07 Å². The largest absolute Gasteiger partial charge is 0.307 e. The number of fused-ring (bicyclic) bond motifs is 1. The molecule has 1 saturated carbocycles. The average molecular weight is 250 g/mol. The Morgan fingerprint density at radius 1 is 1.41 bits per heavy atom. The first kappa shape index (κ1) is 11.1. The van der Waals surface area contributed by atoms with Gasteiger partial charge in [-0.3, -0.25) is 4.90 Å². The molecule has 17 heavy (non-hydrogen) atoms. The summed E-state index contributed by atoms with van der Waals surface area (Å²) in [6, 6.07) is 6.81. The maximum absolute atomic E-state index is 5.85. The van der Waals surface area contributed by atoms with E-state index in [2.05, 4.69) is 20.5 Å². The van der Waals surface area contributed by atoms with Gasteiger partial charge in [0, 0.05) is 37.4 Å². The third-order valence-corrected chi connectivity index (χ3v) is 3.38. The van der Waals surface area contributed by atoms with Crippen LogP contribution in [0.25, 0.3) is 5.65 Å². The van der Waals surface area contributed by atoms with Crippen molar-refractivity contribution in [3.8, 4) is 0 Å². The highest BCUT2D eigenvalue weighted by atomic mass is 35.5. The van der Waals surface area contributed by atoms with Gasteiger partial charge in [0.25, 0.3) is 0 Å². The molecule has 0 spiro atoms. The molecule has 0 atom stereocenters. The van der Waals surface area contributed by atoms with E-state index in [1.54, 1.807) is 0 Å². The first-order valence-corrected chi connectivity index (χ1v) is 6.63. The third kappa shape index (κ3) is 2.45. The van der Waals surface area contributed by atoms with Crippen LogP contribution in [0.3, 0.4) is 0 Å². The molecule has 3 rings (SSSR count). The first-order chi connectivity index (χ1) is 8.36. The summed E-state index contributed by atoms with van der Waals surface area (Å²) in [4.78, 5) is 7.06. The summed E-state index contributed by atoms with van der Waals surface area (Å²) in [5.41, 5.74) is 2.15. The number of alkyl halides is 1. The van der Waals surface area contributed by atoms with Crippen molar-refractivity contribution in [2.45, 2.75) is 25.4 Å². The average Bonchev–Trinajstić information content (AvgIpc) is 3.09. The van der Waals surface area contributed by atoms with Crippen molar-refractivity contribution < 1.29 is 0 Å². The molecule has 4 heteroatoms. The van der Waals surface area contributed by atoms with E-state index in [1.807, 2.05) is 24.4 Å². The molecule has 1 aliphatic rings. The molecule has 1 aliphatic carbocycles. The van der Waals surface area contributed by atoms with Crippen molar-refractivity contribution in [2.24, 2.45) is 0 Å². The summed E-state index contributed by atoms with van der Waals surface area (Å²) < 4.78 is 2.07. The summed E-state index contributed by atoms with van der Waals surface area (Å²) in [7, 11) is 0. The quantitative estimate of drug-likeness (QED) is 0.760. The van der Waals surface area contributed by atoms with Crippen LogP contribution in [0.15, 0.2) is 30.6 Å². The predicted octanol–water partition coefficient (Wildman–Crippen LogP) is 2.54. The second-order valence-corrected chi connectivity index (χ2v) is 4.97. The van der Waals surface area contributed by atoms with Gasteiger partial charge in [0.2, 0.25) is 0 Å². The van der Waals surface area contributed by atoms with Crippen LogP contribution in [-0.4, -0.2) is 32.8 Å². The van der Waals surface area contributed by atoms with Gasteiger partial charge in [-0.15, -0.1) is 11.6 Å². The van der Waals surface area contributed by atoms with Crippen molar-refractivity contribution >= 4 is 17.2 Å². The fraction of sp³-hybridized carbons (Fsp3) is 0.462. The van der Waals surface area contributed by atoms with Gasteiger partial charge in [-0.25, -0.2) is 4.98 Å². The molecule has 0 amide bonds. The smallest absolute Gasteiger partial charge is 0.137 e. The highest BCUT2D eigenvalue weighted by molar-refractivity contribution is 6.18. The highest BCUT2D eigenvalue weighted by Crippen LogP contribution is 2.28. The van der Waals surface area contributed by atoms with Gasteiger partial charge in [0.05, 0.1) is 5.69 Å². The minimum atomic E-state index is 0.698. The summed E-state index contributed by atoms with van der Waals surface area (Å²) in [5, 5.41) is 0. The molecular formula is C13H16ClN3. The molecule has 0 aliphatic heterocycles. The molecular weight excluding hydrogens is 234 g/mol. The molecule has 90 valence electrons. The molecule has 1 fully saturated rings. The Hall–Kier alpha value is -1.06. The monoisotopic (exact) mass is 249 g/mol. The second-order valence-electron chi connectivity index (χ2n) is 4.59. The Balaban J connectivity index is 1.78. The van der Waals surface area contributed by atoms with E-state index in [0.29, 0.717) is 5.88 Å². The second kappa shape index (κ2) is 4.67. The fourth-order valence-electron chi connectivity index (χ4n) is 2.21. The first-order valence-electron chi connectivity index (χ1n) is 6.09. The van der Waals surface area contributed by atoms with Crippen LogP contribution in [0.4, 0.5) is 0 Å². The van der Waals surface area contributed by atoms with Gasteiger partial charge < -0.3 is 4.40 Å². The minimum absolute atomic E-state index is 0.698. The molecule has 3 nitrogen and oxygen atoms in total. The molecule has 2 aromatic rings. The number of hydrogen-bond donors (Lipinski definition) is 0. The number of nitrogens with zero attached hydrogens (tertiary/aromatic N) is 3. The summed E-state index contributed by atoms with van der Waals surface area (Å²) in [5.74, 6) is 0.698. The molecule has 0 saturated heterocycles. The number of pyridine rings is 1. The van der Waals surface area contributed by atoms with Crippen LogP contribution < -0.4 is 0 Å². The summed E-state index contributed by atoms with van der Waals surface area (Å²) in [6.45, 7) is 1.87. The third-order valence-electron chi connectivity index (χ3n) is 3.21. The lowest BCUT2D eigenvalue weighted by atomic mass is 10.4. The van der Waals surface area contributed by atoms with Crippen LogP contribution in [-0.2, 0) is 6.54 Å². The van der Waals surface area contributed by atoms with E-state index in [-0.39, 0.29) is 0 Å². The number of halogens is 1. The van der Waals surface area contributed by atoms with Crippen molar-refractivity contribution in [3.63, 3.8) is 0 Å². The van der Waals surface area contributed by atoms with E-state index < -0.39 is 0 Å². The molecule has 2 heterocycles. The predicted molar refractivity (Wildman–Crippen MR) is 69.3 cm³/mol. The zero-order chi connectivity index (χ0) is 11.7. The van der Waals surface area contributed by atoms with E-state index in [1.165, 1.54) is 12.8 Å². The maximum atomic E-state index is 5.85. The van der Waals surface area contributed by atoms with Gasteiger partial charge in [0.1, 0.15) is 5.65 Å². The van der Waals surface area contributed by atoms with Crippen molar-refractivity contribution in [3.05, 3.63) is 36.3 Å². The SMILES string of the molecule is ClCCN(Cc1cn2ccccc2n1)C1CC1. The topological polar surface area (TPSA) is 20.5 Å². The number of hydrogen-bond acceptors (Lipinski definition) is 2. The molecule has 0 aromatic carbocycles. The van der Waals surface area contributed by atoms with Gasteiger partial charge in [-0.05, 0) is 25.0 Å². The molecule has 0 bridgehead atoms. The number of imidazole rings is 1. The van der Waals surface area contributed by atoms with E-state index in [0.717, 1.165) is 30.5 Å². The van der Waals surface area contributed by atoms with Crippen LogP contribution in [0.2, 0.25) is 0 Å². The van der Waals surface area contributed by atoms with Crippen LogP contribution in [0, 0.1) is 0 Å². The zero-order valence-electron chi connectivity index (χ0n) is 9.72. The van der Waals surface area contributed by atoms with E-state index in [9.17, 15) is 0 Å². The normalized spacial score (nSPS) is 15.9. The lowest BCUT2D eigenvalue weighted by Crippen LogP contribution is -2.27. The van der Waals surface area contributed by atoms with Crippen molar-refractivity contribution in [2.75, 3.05) is 12.4 Å².